The van der Waals surface area contributed by atoms with E-state index in [1.807, 2.05) is 52.5 Å². The van der Waals surface area contributed by atoms with Crippen LogP contribution in [0.25, 0.3) is 0 Å². The lowest BCUT2D eigenvalue weighted by Gasteiger charge is -2.42. The highest BCUT2D eigenvalue weighted by atomic mass is 16.6. The summed E-state index contributed by atoms with van der Waals surface area (Å²) in [5.74, 6) is 0.126. The van der Waals surface area contributed by atoms with Crippen molar-refractivity contribution in [3.63, 3.8) is 0 Å². The van der Waals surface area contributed by atoms with Gasteiger partial charge in [-0.25, -0.2) is 4.79 Å². The molecule has 2 aliphatic heterocycles. The fourth-order valence-corrected chi connectivity index (χ4v) is 5.45. The largest absolute Gasteiger partial charge is 0.476 e. The van der Waals surface area contributed by atoms with Crippen LogP contribution in [0.3, 0.4) is 0 Å². The summed E-state index contributed by atoms with van der Waals surface area (Å²) in [5.41, 5.74) is 0.0446. The Morgan fingerprint density at radius 2 is 1.85 bits per heavy atom. The number of benzene rings is 1. The second kappa shape index (κ2) is 12.3. The van der Waals surface area contributed by atoms with Crippen molar-refractivity contribution >= 4 is 29.5 Å². The molecule has 1 aromatic rings. The van der Waals surface area contributed by atoms with Crippen molar-refractivity contribution in [2.45, 2.75) is 105 Å². The van der Waals surface area contributed by atoms with Crippen molar-refractivity contribution in [2.75, 3.05) is 38.1 Å². The SMILES string of the molecule is CCC(=O)N(C)CCN1C(=O)C(C)(C)Oc2cc(C)c(C(=O)N(C(C)C)[C@@H]3CCCN(C(=O)OC(C)(C)C)C3)cc21. The molecule has 1 aromatic carbocycles. The van der Waals surface area contributed by atoms with Crippen molar-refractivity contribution in [1.29, 1.82) is 0 Å². The number of carbonyl (C=O) groups is 4. The third-order valence-electron chi connectivity index (χ3n) is 7.57. The van der Waals surface area contributed by atoms with Gasteiger partial charge in [-0.1, -0.05) is 6.92 Å². The van der Waals surface area contributed by atoms with E-state index in [4.69, 9.17) is 9.47 Å². The molecule has 3 rings (SSSR count). The minimum absolute atomic E-state index is 0.00884. The van der Waals surface area contributed by atoms with Crippen LogP contribution in [-0.4, -0.2) is 95.0 Å². The number of ether oxygens (including phenoxy) is 2. The molecule has 0 N–H and O–H groups in total. The van der Waals surface area contributed by atoms with Gasteiger partial charge in [0.15, 0.2) is 5.60 Å². The van der Waals surface area contributed by atoms with E-state index >= 15 is 0 Å². The highest BCUT2D eigenvalue weighted by Gasteiger charge is 2.42. The summed E-state index contributed by atoms with van der Waals surface area (Å²) in [5, 5.41) is 0. The van der Waals surface area contributed by atoms with Gasteiger partial charge in [0, 0.05) is 51.3 Å². The topological polar surface area (TPSA) is 99.7 Å². The molecule has 0 saturated carbocycles. The molecule has 41 heavy (non-hydrogen) atoms. The number of hydrogen-bond acceptors (Lipinski definition) is 6. The zero-order chi connectivity index (χ0) is 30.9. The van der Waals surface area contributed by atoms with E-state index in [-0.39, 0.29) is 42.4 Å². The van der Waals surface area contributed by atoms with E-state index in [2.05, 4.69) is 0 Å². The number of likely N-dealkylation sites (N-methyl/N-ethyl adjacent to an activating group) is 1. The Balaban J connectivity index is 1.94. The number of likely N-dealkylation sites (tertiary alicyclic amines) is 1. The molecule has 1 atom stereocenters. The fraction of sp³-hybridized carbons (Fsp3) is 0.677. The maximum Gasteiger partial charge on any atom is 0.410 e. The number of piperidine rings is 1. The first-order valence-corrected chi connectivity index (χ1v) is 14.7. The van der Waals surface area contributed by atoms with Crippen LogP contribution in [0.1, 0.15) is 90.6 Å². The molecule has 0 aliphatic carbocycles. The Morgan fingerprint density at radius 3 is 2.44 bits per heavy atom. The minimum atomic E-state index is -1.09. The number of nitrogens with zero attached hydrogens (tertiary/aromatic N) is 4. The summed E-state index contributed by atoms with van der Waals surface area (Å²) >= 11 is 0. The van der Waals surface area contributed by atoms with E-state index in [1.54, 1.807) is 48.6 Å². The second-order valence-corrected chi connectivity index (χ2v) is 12.9. The van der Waals surface area contributed by atoms with Crippen molar-refractivity contribution in [3.8, 4) is 5.75 Å². The van der Waals surface area contributed by atoms with Gasteiger partial charge >= 0.3 is 6.09 Å². The number of hydrogen-bond donors (Lipinski definition) is 0. The lowest BCUT2D eigenvalue weighted by atomic mass is 9.97. The van der Waals surface area contributed by atoms with Crippen LogP contribution in [0, 0.1) is 6.92 Å². The van der Waals surface area contributed by atoms with E-state index in [9.17, 15) is 19.2 Å². The number of anilines is 1. The van der Waals surface area contributed by atoms with Crippen molar-refractivity contribution < 1.29 is 28.7 Å². The monoisotopic (exact) mass is 572 g/mol. The van der Waals surface area contributed by atoms with E-state index in [0.717, 1.165) is 18.4 Å². The molecule has 2 heterocycles. The van der Waals surface area contributed by atoms with Crippen molar-refractivity contribution in [1.82, 2.24) is 14.7 Å². The maximum absolute atomic E-state index is 14.2. The van der Waals surface area contributed by atoms with Crippen LogP contribution in [0.15, 0.2) is 12.1 Å². The molecule has 2 aliphatic rings. The molecule has 0 bridgehead atoms. The van der Waals surface area contributed by atoms with Gasteiger partial charge in [-0.2, -0.15) is 0 Å². The summed E-state index contributed by atoms with van der Waals surface area (Å²) in [6, 6.07) is 3.26. The molecular weight excluding hydrogens is 524 g/mol. The second-order valence-electron chi connectivity index (χ2n) is 12.9. The first kappa shape index (κ1) is 32.2. The quantitative estimate of drug-likeness (QED) is 0.473. The summed E-state index contributed by atoms with van der Waals surface area (Å²) in [6.45, 7) is 18.2. The highest BCUT2D eigenvalue weighted by Crippen LogP contribution is 2.40. The molecule has 10 heteroatoms. The fourth-order valence-electron chi connectivity index (χ4n) is 5.45. The Kier molecular flexibility index (Phi) is 9.65. The van der Waals surface area contributed by atoms with Crippen molar-refractivity contribution in [2.24, 2.45) is 0 Å². The van der Waals surface area contributed by atoms with Gasteiger partial charge in [-0.05, 0) is 85.9 Å². The predicted octanol–water partition coefficient (Wildman–Crippen LogP) is 4.62. The summed E-state index contributed by atoms with van der Waals surface area (Å²) in [6.07, 6.45) is 1.54. The maximum atomic E-state index is 14.2. The standard InChI is InChI=1S/C31H48N4O6/c1-11-26(36)32(10)15-16-34-24-18-23(21(4)17-25(24)40-31(8,9)28(34)38)27(37)35(20(2)3)22-13-12-14-33(19-22)29(39)41-30(5,6)7/h17-18,20,22H,11-16,19H2,1-10H3/t22-/m1/s1. The molecule has 0 aromatic heterocycles. The van der Waals surface area contributed by atoms with E-state index < -0.39 is 11.2 Å². The third-order valence-corrected chi connectivity index (χ3v) is 7.57. The zero-order valence-electron chi connectivity index (χ0n) is 26.5. The predicted molar refractivity (Wildman–Crippen MR) is 158 cm³/mol. The van der Waals surface area contributed by atoms with Gasteiger partial charge in [-0.3, -0.25) is 14.4 Å². The van der Waals surface area contributed by atoms with E-state index in [0.29, 0.717) is 43.1 Å². The Morgan fingerprint density at radius 1 is 1.20 bits per heavy atom. The lowest BCUT2D eigenvalue weighted by molar-refractivity contribution is -0.133. The van der Waals surface area contributed by atoms with Gasteiger partial charge in [0.1, 0.15) is 11.4 Å². The molecule has 228 valence electrons. The van der Waals surface area contributed by atoms with Crippen LogP contribution < -0.4 is 9.64 Å². The first-order chi connectivity index (χ1) is 19.0. The molecule has 10 nitrogen and oxygen atoms in total. The Hall–Kier alpha value is -3.30. The normalized spacial score (nSPS) is 18.5. The van der Waals surface area contributed by atoms with Crippen LogP contribution in [0.5, 0.6) is 5.75 Å². The molecule has 1 fully saturated rings. The van der Waals surface area contributed by atoms with Crippen LogP contribution >= 0.6 is 0 Å². The number of amides is 4. The van der Waals surface area contributed by atoms with Gasteiger partial charge in [0.05, 0.1) is 11.7 Å². The van der Waals surface area contributed by atoms with E-state index in [1.165, 1.54) is 0 Å². The molecule has 0 radical (unpaired) electrons. The molecule has 0 spiro atoms. The van der Waals surface area contributed by atoms with Crippen LogP contribution in [0.4, 0.5) is 10.5 Å². The first-order valence-electron chi connectivity index (χ1n) is 14.7. The van der Waals surface area contributed by atoms with Crippen LogP contribution in [0.2, 0.25) is 0 Å². The average molecular weight is 573 g/mol. The number of carbonyl (C=O) groups excluding carboxylic acids is 4. The number of rotatable bonds is 7. The molecular formula is C31H48N4O6. The average Bonchev–Trinajstić information content (AvgIpc) is 2.87. The summed E-state index contributed by atoms with van der Waals surface area (Å²) in [7, 11) is 1.72. The molecule has 4 amide bonds. The van der Waals surface area contributed by atoms with Gasteiger partial charge in [0.2, 0.25) is 5.91 Å². The Bertz CT molecular complexity index is 1170. The molecule has 0 unspecified atom stereocenters. The van der Waals surface area contributed by atoms with Gasteiger partial charge in [-0.15, -0.1) is 0 Å². The molecule has 1 saturated heterocycles. The lowest BCUT2D eigenvalue weighted by Crippen LogP contribution is -2.55. The summed E-state index contributed by atoms with van der Waals surface area (Å²) in [4.78, 5) is 59.4. The minimum Gasteiger partial charge on any atom is -0.476 e. The highest BCUT2D eigenvalue weighted by molar-refractivity contribution is 6.05. The Labute approximate surface area is 244 Å². The van der Waals surface area contributed by atoms with Gasteiger partial charge < -0.3 is 29.1 Å². The summed E-state index contributed by atoms with van der Waals surface area (Å²) < 4.78 is 11.7. The zero-order valence-corrected chi connectivity index (χ0v) is 26.5. The smallest absolute Gasteiger partial charge is 0.410 e. The van der Waals surface area contributed by atoms with Crippen molar-refractivity contribution in [3.05, 3.63) is 23.3 Å². The number of fused-ring (bicyclic) bond motifs is 1. The number of aryl methyl sites for hydroxylation is 1. The third kappa shape index (κ3) is 7.32. The van der Waals surface area contributed by atoms with Gasteiger partial charge in [0.25, 0.3) is 11.8 Å². The van der Waals surface area contributed by atoms with Crippen LogP contribution in [-0.2, 0) is 14.3 Å².